The molecule has 2 rings (SSSR count). The molecule has 5 N–H and O–H groups in total. The van der Waals surface area contributed by atoms with Crippen molar-refractivity contribution in [1.29, 1.82) is 0 Å². The maximum absolute atomic E-state index is 11.1. The van der Waals surface area contributed by atoms with Crippen LogP contribution in [0.25, 0.3) is 0 Å². The molecule has 0 saturated heterocycles. The summed E-state index contributed by atoms with van der Waals surface area (Å²) >= 11 is 0. The van der Waals surface area contributed by atoms with Crippen LogP contribution in [-0.4, -0.2) is 34.6 Å². The minimum absolute atomic E-state index is 0. The van der Waals surface area contributed by atoms with Crippen LogP contribution in [0.5, 0.6) is 11.5 Å². The molecule has 0 bridgehead atoms. The van der Waals surface area contributed by atoms with E-state index in [1.807, 2.05) is 0 Å². The standard InChI is InChI=1S/2C6H3N3O7.H3N/c2*10-6-4(8(13)14)1-3(7(11)12)2-5(6)9(15)16;/h2*1-2,10H;1H3. The Morgan fingerprint density at radius 3 is 0.970 bits per heavy atom. The van der Waals surface area contributed by atoms with Crippen molar-refractivity contribution in [3.63, 3.8) is 0 Å². The van der Waals surface area contributed by atoms with Crippen LogP contribution in [0.4, 0.5) is 34.1 Å². The van der Waals surface area contributed by atoms with Gasteiger partial charge in [-0.3, -0.25) is 60.7 Å². The van der Waals surface area contributed by atoms with Crippen molar-refractivity contribution in [3.05, 3.63) is 85.0 Å². The Bertz CT molecular complexity index is 1020. The number of rotatable bonds is 6. The highest BCUT2D eigenvalue weighted by molar-refractivity contribution is 5.65. The first-order valence-electron chi connectivity index (χ1n) is 7.27. The van der Waals surface area contributed by atoms with Crippen LogP contribution in [-0.2, 0) is 0 Å². The zero-order chi connectivity index (χ0) is 24.9. The van der Waals surface area contributed by atoms with Crippen LogP contribution in [0, 0.1) is 60.7 Å². The summed E-state index contributed by atoms with van der Waals surface area (Å²) in [5.74, 6) is -2.67. The fourth-order valence-electron chi connectivity index (χ4n) is 1.93. The number of phenols is 1. The van der Waals surface area contributed by atoms with E-state index in [1.54, 1.807) is 0 Å². The first kappa shape index (κ1) is 27.4. The van der Waals surface area contributed by atoms with E-state index in [0.717, 1.165) is 0 Å². The van der Waals surface area contributed by atoms with Gasteiger partial charge in [-0.2, -0.15) is 0 Å². The van der Waals surface area contributed by atoms with E-state index < -0.39 is 75.2 Å². The maximum atomic E-state index is 11.1. The number of nitro groups is 6. The Labute approximate surface area is 177 Å². The van der Waals surface area contributed by atoms with Crippen LogP contribution in [0.15, 0.2) is 24.3 Å². The van der Waals surface area contributed by atoms with Gasteiger partial charge in [0.1, 0.15) is 0 Å². The number of phenolic OH excluding ortho intramolecular Hbond substituents is 1. The molecule has 0 heterocycles. The molecule has 176 valence electrons. The molecule has 0 aliphatic heterocycles. The lowest BCUT2D eigenvalue weighted by atomic mass is 10.2. The van der Waals surface area contributed by atoms with E-state index in [4.69, 9.17) is 5.11 Å². The first-order valence-corrected chi connectivity index (χ1v) is 7.27. The second-order valence-electron chi connectivity index (χ2n) is 5.19. The second-order valence-corrected chi connectivity index (χ2v) is 5.19. The third kappa shape index (κ3) is 6.19. The molecule has 0 atom stereocenters. The normalized spacial score (nSPS) is 9.45. The Balaban J connectivity index is 0.000000602. The highest BCUT2D eigenvalue weighted by atomic mass is 16.7. The van der Waals surface area contributed by atoms with Crippen molar-refractivity contribution in [1.82, 2.24) is 6.15 Å². The molecule has 2 aromatic rings. The maximum Gasteiger partial charge on any atom is 0.324 e. The van der Waals surface area contributed by atoms with Gasteiger partial charge in [0.15, 0.2) is 0 Å². The number of nitrogens with zero attached hydrogens (tertiary/aromatic N) is 6. The van der Waals surface area contributed by atoms with Gasteiger partial charge in [0, 0.05) is 0 Å². The Hall–Kier alpha value is -5.60. The number of benzene rings is 2. The van der Waals surface area contributed by atoms with Crippen LogP contribution in [0.1, 0.15) is 0 Å². The van der Waals surface area contributed by atoms with E-state index >= 15 is 0 Å². The van der Waals surface area contributed by atoms with Crippen molar-refractivity contribution in [3.8, 4) is 11.5 Å². The quantitative estimate of drug-likeness (QED) is 0.445. The number of aromatic hydroxyl groups is 1. The van der Waals surface area contributed by atoms with Gasteiger partial charge in [0.25, 0.3) is 28.5 Å². The van der Waals surface area contributed by atoms with E-state index in [-0.39, 0.29) is 6.15 Å². The van der Waals surface area contributed by atoms with Gasteiger partial charge >= 0.3 is 11.4 Å². The van der Waals surface area contributed by atoms with Crippen molar-refractivity contribution >= 4 is 34.1 Å². The summed E-state index contributed by atoms with van der Waals surface area (Å²) in [7, 11) is 0. The number of non-ortho nitro benzene ring substituents is 2. The molecule has 2 aromatic carbocycles. The SMILES string of the molecule is O=[N+]([O-])c1cc([N+](=O)[O-])c(O)c([N+](=O)[O-])c1.O=[N+]([O-])c1cc([N+](=O)[O-])c([O-])c([N+](=O)[O-])c1.[NH4+]. The van der Waals surface area contributed by atoms with Gasteiger partial charge in [0.05, 0.1) is 59.6 Å². The predicted molar refractivity (Wildman–Crippen MR) is 99.9 cm³/mol. The first-order chi connectivity index (χ1) is 14.7. The van der Waals surface area contributed by atoms with Gasteiger partial charge < -0.3 is 16.4 Å². The van der Waals surface area contributed by atoms with Crippen molar-refractivity contribution < 1.29 is 39.8 Å². The molecule has 21 heteroatoms. The smallest absolute Gasteiger partial charge is 0.324 e. The zero-order valence-electron chi connectivity index (χ0n) is 15.7. The average molecular weight is 475 g/mol. The zero-order valence-corrected chi connectivity index (χ0v) is 15.7. The Morgan fingerprint density at radius 2 is 0.758 bits per heavy atom. The van der Waals surface area contributed by atoms with Crippen LogP contribution in [0.3, 0.4) is 0 Å². The molecule has 0 fully saturated rings. The summed E-state index contributed by atoms with van der Waals surface area (Å²) in [5, 5.41) is 82.3. The Morgan fingerprint density at radius 1 is 0.515 bits per heavy atom. The molecule has 0 aliphatic carbocycles. The molecule has 0 spiro atoms. The fourth-order valence-corrected chi connectivity index (χ4v) is 1.93. The number of quaternary nitrogens is 1. The number of hydrogen-bond donors (Lipinski definition) is 2. The number of hydrogen-bond acceptors (Lipinski definition) is 14. The molecular weight excluding hydrogens is 466 g/mol. The second kappa shape index (κ2) is 10.4. The lowest BCUT2D eigenvalue weighted by Gasteiger charge is -2.06. The van der Waals surface area contributed by atoms with Gasteiger partial charge in [-0.05, 0) is 0 Å². The molecule has 0 aliphatic rings. The van der Waals surface area contributed by atoms with Gasteiger partial charge in [-0.25, -0.2) is 0 Å². The summed E-state index contributed by atoms with van der Waals surface area (Å²) in [6, 6.07) is 1.66. The molecular formula is C12H9N7O14. The summed E-state index contributed by atoms with van der Waals surface area (Å²) in [6.45, 7) is 0. The molecule has 21 nitrogen and oxygen atoms in total. The largest absolute Gasteiger partial charge is 0.863 e. The van der Waals surface area contributed by atoms with E-state index in [1.165, 1.54) is 0 Å². The van der Waals surface area contributed by atoms with Gasteiger partial charge in [-0.15, -0.1) is 0 Å². The summed E-state index contributed by atoms with van der Waals surface area (Å²) in [6.07, 6.45) is 0. The van der Waals surface area contributed by atoms with Gasteiger partial charge in [0.2, 0.25) is 0 Å². The van der Waals surface area contributed by atoms with E-state index in [2.05, 4.69) is 0 Å². The summed E-state index contributed by atoms with van der Waals surface area (Å²) < 4.78 is 0. The van der Waals surface area contributed by atoms with Crippen molar-refractivity contribution in [2.24, 2.45) is 0 Å². The summed E-state index contributed by atoms with van der Waals surface area (Å²) in [4.78, 5) is 55.3. The molecule has 0 radical (unpaired) electrons. The highest BCUT2D eigenvalue weighted by Gasteiger charge is 2.30. The third-order valence-electron chi connectivity index (χ3n) is 3.30. The molecule has 0 unspecified atom stereocenters. The average Bonchev–Trinajstić information content (AvgIpc) is 2.67. The highest BCUT2D eigenvalue weighted by Crippen LogP contribution is 2.39. The minimum Gasteiger partial charge on any atom is -0.863 e. The van der Waals surface area contributed by atoms with Crippen LogP contribution in [0.2, 0.25) is 0 Å². The van der Waals surface area contributed by atoms with E-state index in [9.17, 15) is 65.8 Å². The molecule has 0 saturated carbocycles. The topological polar surface area (TPSA) is 339 Å². The van der Waals surface area contributed by atoms with Gasteiger partial charge in [-0.1, -0.05) is 0 Å². The van der Waals surface area contributed by atoms with Crippen LogP contribution >= 0.6 is 0 Å². The van der Waals surface area contributed by atoms with Crippen molar-refractivity contribution in [2.75, 3.05) is 0 Å². The predicted octanol–water partition coefficient (Wildman–Crippen LogP) is 1.98. The van der Waals surface area contributed by atoms with E-state index in [0.29, 0.717) is 24.3 Å². The number of nitro benzene ring substituents is 6. The Kier molecular flexibility index (Phi) is 8.66. The lowest BCUT2D eigenvalue weighted by Crippen LogP contribution is -2.04. The molecule has 0 amide bonds. The summed E-state index contributed by atoms with van der Waals surface area (Å²) in [5.41, 5.74) is -6.27. The fraction of sp³-hybridized carbons (Fsp3) is 0. The third-order valence-corrected chi connectivity index (χ3v) is 3.30. The lowest BCUT2D eigenvalue weighted by molar-refractivity contribution is -0.420. The molecule has 0 aromatic heterocycles. The monoisotopic (exact) mass is 475 g/mol. The minimum atomic E-state index is -1.46. The van der Waals surface area contributed by atoms with Crippen molar-refractivity contribution in [2.45, 2.75) is 0 Å². The van der Waals surface area contributed by atoms with Crippen LogP contribution < -0.4 is 11.3 Å². The molecule has 33 heavy (non-hydrogen) atoms.